The molecule has 0 aromatic heterocycles. The number of benzene rings is 3. The van der Waals surface area contributed by atoms with Crippen molar-refractivity contribution in [2.24, 2.45) is 0 Å². The molecule has 0 spiro atoms. The van der Waals surface area contributed by atoms with Crippen molar-refractivity contribution in [3.63, 3.8) is 0 Å². The summed E-state index contributed by atoms with van der Waals surface area (Å²) >= 11 is 0. The van der Waals surface area contributed by atoms with Gasteiger partial charge in [-0.3, -0.25) is 0 Å². The molecular weight excluding hydrogens is 459 g/mol. The molecule has 1 N–H and O–H groups in total. The maximum atomic E-state index is 13.4. The van der Waals surface area contributed by atoms with Gasteiger partial charge in [0.25, 0.3) is 0 Å². The SMILES string of the molecule is COc1ccc(C(=O)O)cc1S(=O)(=O)Cc1cc(C(F)(F)F)ccc1-c1ccccc1C#N. The fourth-order valence-corrected chi connectivity index (χ4v) is 4.87. The maximum absolute atomic E-state index is 13.4. The van der Waals surface area contributed by atoms with Crippen LogP contribution >= 0.6 is 0 Å². The molecule has 0 atom stereocenters. The van der Waals surface area contributed by atoms with Crippen molar-refractivity contribution in [3.8, 4) is 22.9 Å². The van der Waals surface area contributed by atoms with Crippen molar-refractivity contribution in [2.45, 2.75) is 16.8 Å². The van der Waals surface area contributed by atoms with Gasteiger partial charge in [-0.15, -0.1) is 0 Å². The van der Waals surface area contributed by atoms with Crippen LogP contribution in [-0.4, -0.2) is 26.6 Å². The summed E-state index contributed by atoms with van der Waals surface area (Å²) in [5.41, 5.74) is -1.02. The number of carboxylic acid groups (broad SMARTS) is 1. The highest BCUT2D eigenvalue weighted by Gasteiger charge is 2.32. The fourth-order valence-electron chi connectivity index (χ4n) is 3.30. The number of aromatic carboxylic acids is 1. The molecule has 0 aliphatic carbocycles. The number of nitriles is 1. The molecule has 6 nitrogen and oxygen atoms in total. The predicted octanol–water partition coefficient (Wildman–Crippen LogP) is 4.92. The normalized spacial score (nSPS) is 11.6. The van der Waals surface area contributed by atoms with Gasteiger partial charge in [-0.1, -0.05) is 24.3 Å². The van der Waals surface area contributed by atoms with Gasteiger partial charge in [0.05, 0.1) is 35.6 Å². The summed E-state index contributed by atoms with van der Waals surface area (Å²) in [6.45, 7) is 0. The number of nitrogens with zero attached hydrogens (tertiary/aromatic N) is 1. The van der Waals surface area contributed by atoms with Crippen molar-refractivity contribution in [3.05, 3.63) is 82.9 Å². The number of rotatable bonds is 6. The van der Waals surface area contributed by atoms with E-state index in [0.717, 1.165) is 30.3 Å². The Morgan fingerprint density at radius 1 is 1.06 bits per heavy atom. The van der Waals surface area contributed by atoms with Crippen molar-refractivity contribution in [2.75, 3.05) is 7.11 Å². The molecule has 0 amide bonds. The smallest absolute Gasteiger partial charge is 0.416 e. The third kappa shape index (κ3) is 4.99. The van der Waals surface area contributed by atoms with E-state index in [1.165, 1.54) is 19.2 Å². The Morgan fingerprint density at radius 3 is 2.36 bits per heavy atom. The van der Waals surface area contributed by atoms with Gasteiger partial charge in [-0.25, -0.2) is 13.2 Å². The van der Waals surface area contributed by atoms with Crippen LogP contribution < -0.4 is 4.74 Å². The molecule has 10 heteroatoms. The molecule has 33 heavy (non-hydrogen) atoms. The first-order chi connectivity index (χ1) is 15.5. The Bertz CT molecular complexity index is 1380. The Balaban J connectivity index is 2.23. The largest absolute Gasteiger partial charge is 0.495 e. The van der Waals surface area contributed by atoms with Crippen molar-refractivity contribution < 1.29 is 36.2 Å². The molecule has 0 saturated heterocycles. The van der Waals surface area contributed by atoms with E-state index < -0.39 is 38.2 Å². The van der Waals surface area contributed by atoms with Gasteiger partial charge < -0.3 is 9.84 Å². The molecule has 3 rings (SSSR count). The predicted molar refractivity (Wildman–Crippen MR) is 112 cm³/mol. The van der Waals surface area contributed by atoms with Crippen LogP contribution in [0.2, 0.25) is 0 Å². The van der Waals surface area contributed by atoms with E-state index in [1.54, 1.807) is 12.1 Å². The fraction of sp³-hybridized carbons (Fsp3) is 0.130. The number of hydrogen-bond donors (Lipinski definition) is 1. The average molecular weight is 475 g/mol. The lowest BCUT2D eigenvalue weighted by atomic mass is 9.95. The van der Waals surface area contributed by atoms with Gasteiger partial charge in [0.15, 0.2) is 9.84 Å². The summed E-state index contributed by atoms with van der Waals surface area (Å²) < 4.78 is 71.6. The van der Waals surface area contributed by atoms with E-state index in [1.807, 2.05) is 6.07 Å². The van der Waals surface area contributed by atoms with E-state index in [-0.39, 0.29) is 33.6 Å². The van der Waals surface area contributed by atoms with Crippen LogP contribution in [0.25, 0.3) is 11.1 Å². The van der Waals surface area contributed by atoms with Crippen molar-refractivity contribution in [1.82, 2.24) is 0 Å². The highest BCUT2D eigenvalue weighted by Crippen LogP contribution is 2.37. The van der Waals surface area contributed by atoms with Crippen molar-refractivity contribution >= 4 is 15.8 Å². The second-order valence-electron chi connectivity index (χ2n) is 6.96. The van der Waals surface area contributed by atoms with Gasteiger partial charge in [-0.05, 0) is 53.1 Å². The number of halogens is 3. The Labute approximate surface area is 187 Å². The molecule has 0 aliphatic heterocycles. The lowest BCUT2D eigenvalue weighted by Crippen LogP contribution is -2.12. The van der Waals surface area contributed by atoms with Crippen LogP contribution in [0.4, 0.5) is 13.2 Å². The lowest BCUT2D eigenvalue weighted by Gasteiger charge is -2.16. The van der Waals surface area contributed by atoms with E-state index in [2.05, 4.69) is 0 Å². The van der Waals surface area contributed by atoms with E-state index in [4.69, 9.17) is 4.74 Å². The molecule has 0 unspecified atom stereocenters. The maximum Gasteiger partial charge on any atom is 0.416 e. The van der Waals surface area contributed by atoms with Crippen LogP contribution in [0.15, 0.2) is 65.6 Å². The molecular formula is C23H16F3NO5S. The number of alkyl halides is 3. The molecule has 0 heterocycles. The van der Waals surface area contributed by atoms with Gasteiger partial charge in [0.1, 0.15) is 10.6 Å². The van der Waals surface area contributed by atoms with Crippen LogP contribution in [0, 0.1) is 11.3 Å². The summed E-state index contributed by atoms with van der Waals surface area (Å²) in [6.07, 6.45) is -4.73. The molecule has 3 aromatic carbocycles. The summed E-state index contributed by atoms with van der Waals surface area (Å²) in [6, 6.07) is 13.9. The minimum Gasteiger partial charge on any atom is -0.495 e. The minimum atomic E-state index is -4.73. The first kappa shape index (κ1) is 23.8. The number of ether oxygens (including phenoxy) is 1. The first-order valence-electron chi connectivity index (χ1n) is 9.31. The van der Waals surface area contributed by atoms with Gasteiger partial charge in [0.2, 0.25) is 0 Å². The highest BCUT2D eigenvalue weighted by molar-refractivity contribution is 7.90. The van der Waals surface area contributed by atoms with E-state index in [0.29, 0.717) is 6.07 Å². The van der Waals surface area contributed by atoms with E-state index in [9.17, 15) is 36.8 Å². The molecule has 0 saturated carbocycles. The zero-order valence-corrected chi connectivity index (χ0v) is 17.9. The average Bonchev–Trinajstić information content (AvgIpc) is 2.77. The van der Waals surface area contributed by atoms with Gasteiger partial charge >= 0.3 is 12.1 Å². The second-order valence-corrected chi connectivity index (χ2v) is 8.91. The van der Waals surface area contributed by atoms with Crippen LogP contribution in [0.5, 0.6) is 5.75 Å². The quantitative estimate of drug-likeness (QED) is 0.542. The van der Waals surface area contributed by atoms with Gasteiger partial charge in [0, 0.05) is 0 Å². The zero-order valence-electron chi connectivity index (χ0n) is 17.1. The summed E-state index contributed by atoms with van der Waals surface area (Å²) in [7, 11) is -3.17. The number of carboxylic acids is 1. The molecule has 0 fully saturated rings. The summed E-state index contributed by atoms with van der Waals surface area (Å²) in [5, 5.41) is 18.6. The molecule has 0 bridgehead atoms. The Kier molecular flexibility index (Phi) is 6.46. The number of sulfone groups is 1. The zero-order chi connectivity index (χ0) is 24.4. The highest BCUT2D eigenvalue weighted by atomic mass is 32.2. The topological polar surface area (TPSA) is 104 Å². The Hall–Kier alpha value is -3.84. The Morgan fingerprint density at radius 2 is 1.76 bits per heavy atom. The third-order valence-corrected chi connectivity index (χ3v) is 6.54. The van der Waals surface area contributed by atoms with Crippen LogP contribution in [-0.2, 0) is 21.8 Å². The second kappa shape index (κ2) is 8.96. The van der Waals surface area contributed by atoms with Crippen LogP contribution in [0.3, 0.4) is 0 Å². The monoisotopic (exact) mass is 475 g/mol. The summed E-state index contributed by atoms with van der Waals surface area (Å²) in [4.78, 5) is 10.8. The first-order valence-corrected chi connectivity index (χ1v) is 11.0. The lowest BCUT2D eigenvalue weighted by molar-refractivity contribution is -0.137. The third-order valence-electron chi connectivity index (χ3n) is 4.86. The minimum absolute atomic E-state index is 0.136. The van der Waals surface area contributed by atoms with Crippen molar-refractivity contribution in [1.29, 1.82) is 5.26 Å². The number of carbonyl (C=O) groups is 1. The molecule has 170 valence electrons. The number of hydrogen-bond acceptors (Lipinski definition) is 5. The van der Waals surface area contributed by atoms with E-state index >= 15 is 0 Å². The summed E-state index contributed by atoms with van der Waals surface area (Å²) in [5.74, 6) is -2.41. The van der Waals surface area contributed by atoms with Crippen LogP contribution in [0.1, 0.15) is 27.0 Å². The molecule has 0 aliphatic rings. The number of methoxy groups -OCH3 is 1. The molecule has 0 radical (unpaired) electrons. The standard InChI is InChI=1S/C23H16F3NO5S/c1-32-20-9-6-14(22(28)29)11-21(20)33(30,31)13-16-10-17(23(24,25)26)7-8-19(16)18-5-3-2-4-15(18)12-27/h2-11H,13H2,1H3,(H,28,29). The molecule has 3 aromatic rings. The van der Waals surface area contributed by atoms with Gasteiger partial charge in [-0.2, -0.15) is 18.4 Å².